The van der Waals surface area contributed by atoms with Crippen molar-refractivity contribution in [2.45, 2.75) is 117 Å². The minimum absolute atomic E-state index is 0.701. The van der Waals surface area contributed by atoms with Crippen LogP contribution in [0.5, 0.6) is 0 Å². The molecular formula is C20H41. The fraction of sp³-hybridized carbons (Fsp3) is 0.950. The molecule has 0 bridgehead atoms. The van der Waals surface area contributed by atoms with Crippen molar-refractivity contribution in [3.63, 3.8) is 0 Å². The van der Waals surface area contributed by atoms with Crippen molar-refractivity contribution in [3.05, 3.63) is 6.92 Å². The second kappa shape index (κ2) is 17.1. The van der Waals surface area contributed by atoms with Gasteiger partial charge >= 0.3 is 0 Å². The fourth-order valence-corrected chi connectivity index (χ4v) is 2.83. The van der Waals surface area contributed by atoms with Crippen LogP contribution < -0.4 is 0 Å². The Bertz CT molecular complexity index is 161. The van der Waals surface area contributed by atoms with Gasteiger partial charge < -0.3 is 0 Å². The molecule has 0 aliphatic heterocycles. The molecule has 0 amide bonds. The van der Waals surface area contributed by atoms with Gasteiger partial charge in [0, 0.05) is 0 Å². The van der Waals surface area contributed by atoms with Crippen LogP contribution in [0.25, 0.3) is 0 Å². The predicted molar refractivity (Wildman–Crippen MR) is 94.1 cm³/mol. The molecule has 0 N–H and O–H groups in total. The van der Waals surface area contributed by atoms with E-state index in [1.54, 1.807) is 0 Å². The van der Waals surface area contributed by atoms with Crippen molar-refractivity contribution in [2.75, 3.05) is 0 Å². The summed E-state index contributed by atoms with van der Waals surface area (Å²) in [5.41, 5.74) is 0. The smallest absolute Gasteiger partial charge is 0.0417 e. The molecule has 1 atom stereocenters. The van der Waals surface area contributed by atoms with Gasteiger partial charge in [-0.05, 0) is 5.92 Å². The van der Waals surface area contributed by atoms with E-state index in [9.17, 15) is 0 Å². The summed E-state index contributed by atoms with van der Waals surface area (Å²) in [5, 5.41) is 0. The van der Waals surface area contributed by atoms with Gasteiger partial charge in [-0.3, -0.25) is 0 Å². The van der Waals surface area contributed by atoms with Gasteiger partial charge in [-0.15, -0.1) is 0 Å². The summed E-state index contributed by atoms with van der Waals surface area (Å²) < 4.78 is 0. The molecule has 0 rings (SSSR count). The molecule has 1 radical (unpaired) electrons. The Kier molecular flexibility index (Phi) is 17.1. The molecule has 1 unspecified atom stereocenters. The molecule has 0 aromatic heterocycles. The Morgan fingerprint density at radius 1 is 0.550 bits per heavy atom. The highest BCUT2D eigenvalue weighted by Gasteiger charge is 1.98. The molecule has 0 aliphatic carbocycles. The lowest BCUT2D eigenvalue weighted by molar-refractivity contribution is 0.497. The molecule has 0 heterocycles. The lowest BCUT2D eigenvalue weighted by Gasteiger charge is -2.07. The van der Waals surface area contributed by atoms with Crippen LogP contribution in [-0.4, -0.2) is 0 Å². The van der Waals surface area contributed by atoms with Crippen LogP contribution in [0.2, 0.25) is 0 Å². The largest absolute Gasteiger partial charge is 0.0654 e. The summed E-state index contributed by atoms with van der Waals surface area (Å²) >= 11 is 0. The van der Waals surface area contributed by atoms with Gasteiger partial charge in [0.25, 0.3) is 0 Å². The third-order valence-corrected chi connectivity index (χ3v) is 4.54. The fourth-order valence-electron chi connectivity index (χ4n) is 2.83. The van der Waals surface area contributed by atoms with Gasteiger partial charge in [-0.25, -0.2) is 0 Å². The normalized spacial score (nSPS) is 12.8. The molecule has 0 heteroatoms. The second-order valence-electron chi connectivity index (χ2n) is 6.66. The molecule has 0 saturated carbocycles. The molecular weight excluding hydrogens is 240 g/mol. The zero-order valence-corrected chi connectivity index (χ0v) is 14.6. The summed E-state index contributed by atoms with van der Waals surface area (Å²) in [6.45, 7) is 8.70. The molecule has 20 heavy (non-hydrogen) atoms. The van der Waals surface area contributed by atoms with Crippen molar-refractivity contribution in [2.24, 2.45) is 5.92 Å². The van der Waals surface area contributed by atoms with Gasteiger partial charge in [0.2, 0.25) is 0 Å². The van der Waals surface area contributed by atoms with Crippen LogP contribution in [0.4, 0.5) is 0 Å². The van der Waals surface area contributed by atoms with Crippen molar-refractivity contribution >= 4 is 0 Å². The summed E-state index contributed by atoms with van der Waals surface area (Å²) in [7, 11) is 0. The van der Waals surface area contributed by atoms with E-state index >= 15 is 0 Å². The van der Waals surface area contributed by atoms with Crippen molar-refractivity contribution in [1.29, 1.82) is 0 Å². The topological polar surface area (TPSA) is 0 Å². The van der Waals surface area contributed by atoms with Gasteiger partial charge in [-0.1, -0.05) is 124 Å². The lowest BCUT2D eigenvalue weighted by Crippen LogP contribution is -1.92. The van der Waals surface area contributed by atoms with E-state index in [-0.39, 0.29) is 0 Å². The van der Waals surface area contributed by atoms with Crippen molar-refractivity contribution in [3.8, 4) is 0 Å². The number of unbranched alkanes of at least 4 members (excludes halogenated alkanes) is 13. The Labute approximate surface area is 130 Å². The maximum Gasteiger partial charge on any atom is -0.0417 e. The zero-order valence-electron chi connectivity index (χ0n) is 14.6. The maximum absolute atomic E-state index is 4.16. The Morgan fingerprint density at radius 3 is 1.25 bits per heavy atom. The second-order valence-corrected chi connectivity index (χ2v) is 6.66. The molecule has 0 saturated heterocycles. The predicted octanol–water partition coefficient (Wildman–Crippen LogP) is 7.72. The minimum Gasteiger partial charge on any atom is -0.0654 e. The number of rotatable bonds is 16. The molecule has 0 spiro atoms. The summed E-state index contributed by atoms with van der Waals surface area (Å²) in [6, 6.07) is 0. The highest BCUT2D eigenvalue weighted by Crippen LogP contribution is 2.15. The molecule has 0 aromatic rings. The highest BCUT2D eigenvalue weighted by molar-refractivity contribution is 4.58. The first-order valence-corrected chi connectivity index (χ1v) is 9.64. The quantitative estimate of drug-likeness (QED) is 0.254. The van der Waals surface area contributed by atoms with Crippen LogP contribution in [0.15, 0.2) is 0 Å². The Hall–Kier alpha value is 0. The third-order valence-electron chi connectivity index (χ3n) is 4.54. The van der Waals surface area contributed by atoms with E-state index in [1.807, 2.05) is 0 Å². The van der Waals surface area contributed by atoms with E-state index < -0.39 is 0 Å². The minimum atomic E-state index is 0.701. The van der Waals surface area contributed by atoms with E-state index in [4.69, 9.17) is 0 Å². The summed E-state index contributed by atoms with van der Waals surface area (Å²) in [6.07, 6.45) is 22.9. The molecule has 0 fully saturated rings. The summed E-state index contributed by atoms with van der Waals surface area (Å²) in [5.74, 6) is 0.701. The third kappa shape index (κ3) is 16.1. The molecule has 0 nitrogen and oxygen atoms in total. The lowest BCUT2D eigenvalue weighted by atomic mass is 9.99. The SMILES string of the molecule is [CH2]C(CC)CCCCCCCCCCCCCCCC. The Balaban J connectivity index is 2.96. The molecule has 0 aromatic carbocycles. The summed E-state index contributed by atoms with van der Waals surface area (Å²) in [4.78, 5) is 0. The average molecular weight is 282 g/mol. The van der Waals surface area contributed by atoms with Gasteiger partial charge in [-0.2, -0.15) is 0 Å². The highest BCUT2D eigenvalue weighted by atomic mass is 14.0. The van der Waals surface area contributed by atoms with Crippen LogP contribution in [0.1, 0.15) is 117 Å². The van der Waals surface area contributed by atoms with Crippen LogP contribution in [0, 0.1) is 12.8 Å². The number of hydrogen-bond donors (Lipinski definition) is 0. The van der Waals surface area contributed by atoms with Gasteiger partial charge in [0.1, 0.15) is 0 Å². The van der Waals surface area contributed by atoms with Crippen molar-refractivity contribution in [1.82, 2.24) is 0 Å². The van der Waals surface area contributed by atoms with E-state index in [1.165, 1.54) is 103 Å². The Morgan fingerprint density at radius 2 is 0.900 bits per heavy atom. The van der Waals surface area contributed by atoms with Gasteiger partial charge in [0.15, 0.2) is 0 Å². The first-order valence-electron chi connectivity index (χ1n) is 9.64. The van der Waals surface area contributed by atoms with Crippen LogP contribution in [0.3, 0.4) is 0 Å². The standard InChI is InChI=1S/C20H41/c1-4-6-7-8-9-10-11-12-13-14-15-16-17-18-19-20(3)5-2/h20H,3-19H2,1-2H3. The van der Waals surface area contributed by atoms with E-state index in [0.717, 1.165) is 0 Å². The molecule has 121 valence electrons. The number of hydrogen-bond acceptors (Lipinski definition) is 0. The van der Waals surface area contributed by atoms with Crippen LogP contribution in [-0.2, 0) is 0 Å². The molecule has 0 aliphatic rings. The van der Waals surface area contributed by atoms with Crippen molar-refractivity contribution < 1.29 is 0 Å². The van der Waals surface area contributed by atoms with Gasteiger partial charge in [0.05, 0.1) is 0 Å². The van der Waals surface area contributed by atoms with E-state index in [0.29, 0.717) is 5.92 Å². The average Bonchev–Trinajstić information content (AvgIpc) is 2.47. The first kappa shape index (κ1) is 20.0. The monoisotopic (exact) mass is 281 g/mol. The van der Waals surface area contributed by atoms with Crippen LogP contribution >= 0.6 is 0 Å². The zero-order chi connectivity index (χ0) is 14.9. The first-order chi connectivity index (χ1) is 9.81. The maximum atomic E-state index is 4.16. The van der Waals surface area contributed by atoms with E-state index in [2.05, 4.69) is 20.8 Å².